The summed E-state index contributed by atoms with van der Waals surface area (Å²) in [6.45, 7) is 1.06. The molecule has 0 saturated carbocycles. The van der Waals surface area contributed by atoms with Crippen LogP contribution < -0.4 is 0 Å². The molecule has 2 aromatic carbocycles. The van der Waals surface area contributed by atoms with Gasteiger partial charge in [-0.05, 0) is 19.1 Å². The average molecular weight is 491 g/mol. The molecule has 1 aromatic heterocycles. The molecule has 32 heavy (non-hydrogen) atoms. The molecule has 13 heteroatoms. The molecule has 1 radical (unpaired) electrons. The number of ketones is 1. The van der Waals surface area contributed by atoms with E-state index >= 15 is 0 Å². The molecule has 1 heterocycles. The quantitative estimate of drug-likeness (QED) is 0.261. The second-order valence-electron chi connectivity index (χ2n) is 6.04. The number of benzene rings is 2. The number of rotatable bonds is 3. The molecule has 1 N–H and O–H groups in total. The number of hydrogen-bond donors (Lipinski definition) is 1. The van der Waals surface area contributed by atoms with Crippen LogP contribution in [0, 0.1) is 64.5 Å². The third kappa shape index (κ3) is 3.58. The zero-order chi connectivity index (χ0) is 23.2. The summed E-state index contributed by atoms with van der Waals surface area (Å²) in [5.41, 5.74) is -5.98. The minimum absolute atomic E-state index is 0. The molecule has 0 unspecified atom stereocenters. The molecular weight excluding hydrogens is 485 g/mol. The maximum absolute atomic E-state index is 14.3. The van der Waals surface area contributed by atoms with E-state index in [0.29, 0.717) is 12.1 Å². The molecule has 0 atom stereocenters. The van der Waals surface area contributed by atoms with Gasteiger partial charge >= 0.3 is 0 Å². The van der Waals surface area contributed by atoms with Crippen LogP contribution in [0.4, 0.5) is 26.3 Å². The van der Waals surface area contributed by atoms with Crippen LogP contribution in [-0.2, 0) is 17.1 Å². The Morgan fingerprint density at radius 2 is 1.41 bits per heavy atom. The summed E-state index contributed by atoms with van der Waals surface area (Å²) >= 11 is 0. The van der Waals surface area contributed by atoms with Crippen LogP contribution >= 0.6 is 0 Å². The Bertz CT molecular complexity index is 1320. The van der Waals surface area contributed by atoms with Crippen molar-refractivity contribution in [2.75, 3.05) is 0 Å². The number of hydrogen-bond acceptors (Lipinski definition) is 5. The van der Waals surface area contributed by atoms with Crippen LogP contribution in [0.5, 0.6) is 5.88 Å². The van der Waals surface area contributed by atoms with Gasteiger partial charge in [0.1, 0.15) is 46.2 Å². The molecule has 0 spiro atoms. The van der Waals surface area contributed by atoms with Gasteiger partial charge in [-0.25, -0.2) is 26.3 Å². The standard InChI is InChI=1S/C19H6F6N4O2.Mn/c1-6-12(18(30)7-2-10(20)8(4-26)11(21)3-7)19(31)29(28-6)17-15(24)13(22)9(5-27)14(23)16(17)25;/h2-3,31H,1H3;. The second kappa shape index (κ2) is 8.75. The smallest absolute Gasteiger partial charge is 0.226 e. The van der Waals surface area contributed by atoms with Gasteiger partial charge in [0.15, 0.2) is 23.3 Å². The Kier molecular flexibility index (Phi) is 6.69. The Labute approximate surface area is 185 Å². The Hall–Kier alpha value is -3.80. The van der Waals surface area contributed by atoms with Crippen LogP contribution in [-0.4, -0.2) is 20.7 Å². The molecule has 0 bridgehead atoms. The van der Waals surface area contributed by atoms with E-state index in [1.54, 1.807) is 0 Å². The first-order valence-corrected chi connectivity index (χ1v) is 8.03. The van der Waals surface area contributed by atoms with Crippen LogP contribution in [0.3, 0.4) is 0 Å². The van der Waals surface area contributed by atoms with Gasteiger partial charge in [-0.15, -0.1) is 0 Å². The van der Waals surface area contributed by atoms with E-state index in [1.807, 2.05) is 0 Å². The monoisotopic (exact) mass is 491 g/mol. The number of halogens is 6. The van der Waals surface area contributed by atoms with Crippen molar-refractivity contribution < 1.29 is 53.3 Å². The minimum atomic E-state index is -2.08. The number of nitrogens with zero attached hydrogens (tertiary/aromatic N) is 4. The fraction of sp³-hybridized carbons (Fsp3) is 0.0526. The topological polar surface area (TPSA) is 103 Å². The molecule has 0 fully saturated rings. The largest absolute Gasteiger partial charge is 0.493 e. The van der Waals surface area contributed by atoms with Crippen LogP contribution in [0.15, 0.2) is 12.1 Å². The third-order valence-corrected chi connectivity index (χ3v) is 4.24. The first-order valence-electron chi connectivity index (χ1n) is 8.03. The van der Waals surface area contributed by atoms with Gasteiger partial charge in [-0.2, -0.15) is 20.3 Å². The zero-order valence-electron chi connectivity index (χ0n) is 15.4. The predicted octanol–water partition coefficient (Wildman–Crippen LogP) is 3.69. The molecule has 0 amide bonds. The fourth-order valence-corrected chi connectivity index (χ4v) is 2.80. The maximum atomic E-state index is 14.3. The summed E-state index contributed by atoms with van der Waals surface area (Å²) in [4.78, 5) is 12.6. The van der Waals surface area contributed by atoms with Crippen molar-refractivity contribution in [2.24, 2.45) is 0 Å². The van der Waals surface area contributed by atoms with E-state index in [4.69, 9.17) is 10.5 Å². The van der Waals surface area contributed by atoms with Gasteiger partial charge in [-0.1, -0.05) is 0 Å². The van der Waals surface area contributed by atoms with Gasteiger partial charge < -0.3 is 5.11 Å². The van der Waals surface area contributed by atoms with E-state index in [9.17, 15) is 36.2 Å². The van der Waals surface area contributed by atoms with E-state index in [0.717, 1.165) is 13.0 Å². The van der Waals surface area contributed by atoms with Crippen molar-refractivity contribution in [3.8, 4) is 23.7 Å². The minimum Gasteiger partial charge on any atom is -0.493 e. The average Bonchev–Trinajstić information content (AvgIpc) is 3.00. The Balaban J connectivity index is 0.00000363. The Morgan fingerprint density at radius 1 is 0.938 bits per heavy atom. The fourth-order valence-electron chi connectivity index (χ4n) is 2.80. The van der Waals surface area contributed by atoms with E-state index < -0.39 is 80.2 Å². The summed E-state index contributed by atoms with van der Waals surface area (Å²) in [6, 6.07) is 3.17. The number of carbonyl (C=O) groups excluding carboxylic acids is 1. The van der Waals surface area contributed by atoms with Crippen molar-refractivity contribution >= 4 is 5.78 Å². The molecule has 0 aliphatic heterocycles. The van der Waals surface area contributed by atoms with Gasteiger partial charge in [0, 0.05) is 22.6 Å². The second-order valence-corrected chi connectivity index (χ2v) is 6.04. The molecule has 6 nitrogen and oxygen atoms in total. The van der Waals surface area contributed by atoms with E-state index in [2.05, 4.69) is 5.10 Å². The summed E-state index contributed by atoms with van der Waals surface area (Å²) in [7, 11) is 0. The zero-order valence-corrected chi connectivity index (χ0v) is 16.6. The molecule has 0 aliphatic carbocycles. The van der Waals surface area contributed by atoms with Gasteiger partial charge in [0.05, 0.1) is 5.69 Å². The van der Waals surface area contributed by atoms with E-state index in [-0.39, 0.29) is 21.8 Å². The van der Waals surface area contributed by atoms with Crippen LogP contribution in [0.25, 0.3) is 5.69 Å². The molecular formula is C19H6F6MnN4O2. The first-order chi connectivity index (χ1) is 14.5. The van der Waals surface area contributed by atoms with Crippen molar-refractivity contribution in [1.82, 2.24) is 9.78 Å². The number of aromatic nitrogens is 2. The van der Waals surface area contributed by atoms with Crippen molar-refractivity contribution in [3.63, 3.8) is 0 Å². The molecule has 3 aromatic rings. The number of carbonyl (C=O) groups is 1. The normalized spacial score (nSPS) is 10.3. The van der Waals surface area contributed by atoms with Crippen molar-refractivity contribution in [3.05, 3.63) is 75.0 Å². The Morgan fingerprint density at radius 3 is 1.84 bits per heavy atom. The molecule has 0 saturated heterocycles. The van der Waals surface area contributed by atoms with Crippen LogP contribution in [0.2, 0.25) is 0 Å². The van der Waals surface area contributed by atoms with Gasteiger partial charge in [-0.3, -0.25) is 4.79 Å². The molecule has 0 aliphatic rings. The predicted molar refractivity (Wildman–Crippen MR) is 89.0 cm³/mol. The van der Waals surface area contributed by atoms with Crippen molar-refractivity contribution in [2.45, 2.75) is 6.92 Å². The number of nitriles is 2. The third-order valence-electron chi connectivity index (χ3n) is 4.24. The number of aromatic hydroxyl groups is 1. The summed E-state index contributed by atoms with van der Waals surface area (Å²) in [6.07, 6.45) is 0. The van der Waals surface area contributed by atoms with E-state index in [1.165, 1.54) is 6.07 Å². The van der Waals surface area contributed by atoms with Gasteiger partial charge in [0.25, 0.3) is 0 Å². The summed E-state index contributed by atoms with van der Waals surface area (Å²) < 4.78 is 84.0. The molecule has 163 valence electrons. The van der Waals surface area contributed by atoms with Crippen LogP contribution in [0.1, 0.15) is 32.7 Å². The first kappa shape index (κ1) is 24.5. The molecule has 3 rings (SSSR count). The van der Waals surface area contributed by atoms with Crippen molar-refractivity contribution in [1.29, 1.82) is 10.5 Å². The van der Waals surface area contributed by atoms with Gasteiger partial charge in [0.2, 0.25) is 11.7 Å². The summed E-state index contributed by atoms with van der Waals surface area (Å²) in [5, 5.41) is 31.1. The number of aryl methyl sites for hydroxylation is 1. The SMILES string of the molecule is Cc1nn(-c2c(F)c(F)c(C#N)c(F)c2F)c(O)c1C(=O)c1cc(F)c(C#N)c(F)c1.[Mn]. The summed E-state index contributed by atoms with van der Waals surface area (Å²) in [5.74, 6) is -13.6. The maximum Gasteiger partial charge on any atom is 0.226 e.